The molecular weight excluding hydrogens is 368 g/mol. The van der Waals surface area contributed by atoms with Crippen molar-refractivity contribution in [3.05, 3.63) is 69.5 Å². The maximum Gasteiger partial charge on any atom is 0.240 e. The van der Waals surface area contributed by atoms with Gasteiger partial charge in [0, 0.05) is 10.6 Å². The molecule has 3 aromatic rings. The molecule has 26 heavy (non-hydrogen) atoms. The van der Waals surface area contributed by atoms with Crippen molar-refractivity contribution in [3.63, 3.8) is 0 Å². The van der Waals surface area contributed by atoms with Crippen LogP contribution < -0.4 is 5.32 Å². The highest BCUT2D eigenvalue weighted by atomic mass is 35.5. The Morgan fingerprint density at radius 1 is 1.31 bits per heavy atom. The largest absolute Gasteiger partial charge is 0.348 e. The summed E-state index contributed by atoms with van der Waals surface area (Å²) in [6.07, 6.45) is 0. The minimum Gasteiger partial charge on any atom is -0.348 e. The van der Waals surface area contributed by atoms with Crippen LogP contribution in [0.2, 0.25) is 5.02 Å². The third-order valence-corrected chi connectivity index (χ3v) is 4.64. The lowest BCUT2D eigenvalue weighted by atomic mass is 10.1. The average Bonchev–Trinajstić information content (AvgIpc) is 2.96. The van der Waals surface area contributed by atoms with Crippen molar-refractivity contribution in [3.8, 4) is 11.4 Å². The fraction of sp³-hybridized carbons (Fsp3) is 0.211. The van der Waals surface area contributed by atoms with Crippen LogP contribution in [-0.2, 0) is 11.3 Å². The average molecular weight is 387 g/mol. The number of hydrogen-bond acceptors (Lipinski definition) is 3. The molecular formula is C19H19ClN4OS. The zero-order valence-corrected chi connectivity index (χ0v) is 16.1. The van der Waals surface area contributed by atoms with Gasteiger partial charge in [-0.2, -0.15) is 5.10 Å². The Morgan fingerprint density at radius 3 is 2.73 bits per heavy atom. The van der Waals surface area contributed by atoms with Gasteiger partial charge in [-0.1, -0.05) is 53.6 Å². The monoisotopic (exact) mass is 386 g/mol. The van der Waals surface area contributed by atoms with Crippen LogP contribution in [0, 0.1) is 11.7 Å². The Labute approximate surface area is 162 Å². The number of amides is 1. The Kier molecular flexibility index (Phi) is 5.54. The smallest absolute Gasteiger partial charge is 0.240 e. The normalized spacial score (nSPS) is 12.0. The summed E-state index contributed by atoms with van der Waals surface area (Å²) in [7, 11) is 0. The standard InChI is InChI=1S/C19H19ClN4OS/c1-12-6-8-14(9-7-12)18-22-23-19(26)24(18)11-17(25)21-13(2)15-4-3-5-16(20)10-15/h3-10,13H,11H2,1-2H3,(H,21,25)(H,23,26)/t13-/m0/s1. The molecule has 0 aliphatic rings. The second-order valence-corrected chi connectivity index (χ2v) is 6.97. The van der Waals surface area contributed by atoms with Gasteiger partial charge >= 0.3 is 0 Å². The van der Waals surface area contributed by atoms with Crippen LogP contribution in [0.4, 0.5) is 0 Å². The Morgan fingerprint density at radius 2 is 2.04 bits per heavy atom. The number of aromatic amines is 1. The van der Waals surface area contributed by atoms with E-state index in [1.807, 2.05) is 56.3 Å². The number of rotatable bonds is 5. The van der Waals surface area contributed by atoms with Crippen molar-refractivity contribution in [2.75, 3.05) is 0 Å². The number of hydrogen-bond donors (Lipinski definition) is 2. The molecule has 1 amide bonds. The van der Waals surface area contributed by atoms with Crippen molar-refractivity contribution in [2.45, 2.75) is 26.4 Å². The second-order valence-electron chi connectivity index (χ2n) is 6.15. The van der Waals surface area contributed by atoms with Gasteiger partial charge in [-0.15, -0.1) is 0 Å². The lowest BCUT2D eigenvalue weighted by Gasteiger charge is -2.15. The predicted octanol–water partition coefficient (Wildman–Crippen LogP) is 4.45. The van der Waals surface area contributed by atoms with Gasteiger partial charge in [0.15, 0.2) is 10.6 Å². The van der Waals surface area contributed by atoms with Gasteiger partial charge in [0.25, 0.3) is 0 Å². The molecule has 0 unspecified atom stereocenters. The highest BCUT2D eigenvalue weighted by Crippen LogP contribution is 2.19. The molecule has 0 bridgehead atoms. The number of aryl methyl sites for hydroxylation is 1. The van der Waals surface area contributed by atoms with Crippen LogP contribution in [0.15, 0.2) is 48.5 Å². The molecule has 1 heterocycles. The zero-order valence-electron chi connectivity index (χ0n) is 14.5. The fourth-order valence-corrected chi connectivity index (χ4v) is 3.07. The topological polar surface area (TPSA) is 62.7 Å². The van der Waals surface area contributed by atoms with Crippen LogP contribution in [0.1, 0.15) is 24.1 Å². The number of nitrogens with zero attached hydrogens (tertiary/aromatic N) is 2. The number of aromatic nitrogens is 3. The van der Waals surface area contributed by atoms with E-state index >= 15 is 0 Å². The van der Waals surface area contributed by atoms with E-state index in [1.54, 1.807) is 10.6 Å². The summed E-state index contributed by atoms with van der Waals surface area (Å²) >= 11 is 11.3. The summed E-state index contributed by atoms with van der Waals surface area (Å²) < 4.78 is 2.10. The van der Waals surface area contributed by atoms with Crippen LogP contribution in [0.25, 0.3) is 11.4 Å². The summed E-state index contributed by atoms with van der Waals surface area (Å²) in [5.41, 5.74) is 3.00. The molecule has 7 heteroatoms. The molecule has 0 saturated carbocycles. The molecule has 0 aliphatic heterocycles. The molecule has 0 radical (unpaired) electrons. The minimum atomic E-state index is -0.162. The molecule has 3 rings (SSSR count). The maximum atomic E-state index is 12.5. The Bertz CT molecular complexity index is 978. The van der Waals surface area contributed by atoms with Gasteiger partial charge < -0.3 is 5.32 Å². The van der Waals surface area contributed by atoms with Gasteiger partial charge in [0.2, 0.25) is 5.91 Å². The first-order valence-corrected chi connectivity index (χ1v) is 9.00. The number of halogens is 1. The molecule has 0 fully saturated rings. The SMILES string of the molecule is Cc1ccc(-c2n[nH]c(=S)n2CC(=O)N[C@@H](C)c2cccc(Cl)c2)cc1. The lowest BCUT2D eigenvalue weighted by Crippen LogP contribution is -2.30. The van der Waals surface area contributed by atoms with Gasteiger partial charge in [-0.3, -0.25) is 14.5 Å². The fourth-order valence-electron chi connectivity index (χ4n) is 2.68. The van der Waals surface area contributed by atoms with Crippen LogP contribution in [-0.4, -0.2) is 20.7 Å². The van der Waals surface area contributed by atoms with Gasteiger partial charge in [0.1, 0.15) is 6.54 Å². The predicted molar refractivity (Wildman–Crippen MR) is 106 cm³/mol. The van der Waals surface area contributed by atoms with Gasteiger partial charge in [-0.05, 0) is 43.8 Å². The van der Waals surface area contributed by atoms with Crippen LogP contribution in [0.5, 0.6) is 0 Å². The molecule has 0 aliphatic carbocycles. The van der Waals surface area contributed by atoms with E-state index < -0.39 is 0 Å². The van der Waals surface area contributed by atoms with Gasteiger partial charge in [-0.25, -0.2) is 0 Å². The number of H-pyrrole nitrogens is 1. The quantitative estimate of drug-likeness (QED) is 0.637. The first-order chi connectivity index (χ1) is 12.4. The van der Waals surface area contributed by atoms with E-state index in [-0.39, 0.29) is 18.5 Å². The number of carbonyl (C=O) groups is 1. The Hall–Kier alpha value is -2.44. The summed E-state index contributed by atoms with van der Waals surface area (Å²) in [5, 5.41) is 10.6. The van der Waals surface area contributed by atoms with Crippen molar-refractivity contribution in [2.24, 2.45) is 0 Å². The Balaban J connectivity index is 1.76. The molecule has 134 valence electrons. The molecule has 2 aromatic carbocycles. The first-order valence-electron chi connectivity index (χ1n) is 8.21. The molecule has 1 aromatic heterocycles. The third-order valence-electron chi connectivity index (χ3n) is 4.10. The summed E-state index contributed by atoms with van der Waals surface area (Å²) in [6, 6.07) is 15.2. The van der Waals surface area contributed by atoms with Crippen molar-refractivity contribution in [1.82, 2.24) is 20.1 Å². The highest BCUT2D eigenvalue weighted by Gasteiger charge is 2.15. The molecule has 1 atom stereocenters. The van der Waals surface area contributed by atoms with Crippen LogP contribution >= 0.6 is 23.8 Å². The number of carbonyl (C=O) groups excluding carboxylic acids is 1. The van der Waals surface area contributed by atoms with E-state index in [4.69, 9.17) is 23.8 Å². The van der Waals surface area contributed by atoms with E-state index in [1.165, 1.54) is 0 Å². The van der Waals surface area contributed by atoms with E-state index in [9.17, 15) is 4.79 Å². The molecule has 0 saturated heterocycles. The zero-order chi connectivity index (χ0) is 18.7. The van der Waals surface area contributed by atoms with E-state index in [0.29, 0.717) is 15.6 Å². The molecule has 2 N–H and O–H groups in total. The maximum absolute atomic E-state index is 12.5. The minimum absolute atomic E-state index is 0.0868. The van der Waals surface area contributed by atoms with Crippen molar-refractivity contribution in [1.29, 1.82) is 0 Å². The molecule has 0 spiro atoms. The lowest BCUT2D eigenvalue weighted by molar-refractivity contribution is -0.122. The van der Waals surface area contributed by atoms with Crippen molar-refractivity contribution < 1.29 is 4.79 Å². The highest BCUT2D eigenvalue weighted by molar-refractivity contribution is 7.71. The first kappa shape index (κ1) is 18.4. The number of benzene rings is 2. The van der Waals surface area contributed by atoms with E-state index in [2.05, 4.69) is 15.5 Å². The summed E-state index contributed by atoms with van der Waals surface area (Å²) in [6.45, 7) is 4.02. The summed E-state index contributed by atoms with van der Waals surface area (Å²) in [5.74, 6) is 0.490. The second kappa shape index (κ2) is 7.85. The van der Waals surface area contributed by atoms with Crippen LogP contribution in [0.3, 0.4) is 0 Å². The number of nitrogens with one attached hydrogen (secondary N) is 2. The van der Waals surface area contributed by atoms with E-state index in [0.717, 1.165) is 16.7 Å². The summed E-state index contributed by atoms with van der Waals surface area (Å²) in [4.78, 5) is 12.5. The molecule has 5 nitrogen and oxygen atoms in total. The van der Waals surface area contributed by atoms with Crippen molar-refractivity contribution >= 4 is 29.7 Å². The third kappa shape index (κ3) is 4.20. The van der Waals surface area contributed by atoms with Gasteiger partial charge in [0.05, 0.1) is 6.04 Å².